The summed E-state index contributed by atoms with van der Waals surface area (Å²) in [6, 6.07) is 7.23. The summed E-state index contributed by atoms with van der Waals surface area (Å²) in [6.07, 6.45) is 1.99. The highest BCUT2D eigenvalue weighted by Crippen LogP contribution is 2.15. The monoisotopic (exact) mass is 292 g/mol. The Labute approximate surface area is 122 Å². The molecule has 0 aliphatic heterocycles. The molecule has 2 aromatic rings. The van der Waals surface area contributed by atoms with Crippen LogP contribution in [-0.2, 0) is 0 Å². The predicted molar refractivity (Wildman–Crippen MR) is 78.3 cm³/mol. The van der Waals surface area contributed by atoms with Crippen molar-refractivity contribution in [2.75, 3.05) is 6.54 Å². The molecule has 1 aromatic carbocycles. The second-order valence-electron chi connectivity index (χ2n) is 4.52. The summed E-state index contributed by atoms with van der Waals surface area (Å²) in [4.78, 5) is 12.0. The van der Waals surface area contributed by atoms with Crippen LogP contribution in [0.25, 0.3) is 5.69 Å². The van der Waals surface area contributed by atoms with Crippen LogP contribution in [-0.4, -0.2) is 27.4 Å². The SMILES string of the molecule is CCCCNC(=O)c1nnn(-c2ccc(Cl)cc2)c1C. The third-order valence-corrected chi connectivity index (χ3v) is 3.25. The van der Waals surface area contributed by atoms with Crippen molar-refractivity contribution in [3.05, 3.63) is 40.7 Å². The minimum absolute atomic E-state index is 0.184. The maximum Gasteiger partial charge on any atom is 0.273 e. The van der Waals surface area contributed by atoms with Gasteiger partial charge < -0.3 is 5.32 Å². The zero-order valence-corrected chi connectivity index (χ0v) is 12.3. The zero-order valence-electron chi connectivity index (χ0n) is 11.6. The van der Waals surface area contributed by atoms with Crippen molar-refractivity contribution < 1.29 is 4.79 Å². The molecule has 2 rings (SSSR count). The number of hydrogen-bond acceptors (Lipinski definition) is 3. The van der Waals surface area contributed by atoms with Crippen molar-refractivity contribution in [1.82, 2.24) is 20.3 Å². The van der Waals surface area contributed by atoms with Crippen LogP contribution in [0.2, 0.25) is 5.02 Å². The number of benzene rings is 1. The Kier molecular flexibility index (Phi) is 4.74. The fourth-order valence-corrected chi connectivity index (χ4v) is 1.95. The summed E-state index contributed by atoms with van der Waals surface area (Å²) in [6.45, 7) is 4.56. The number of nitrogens with zero attached hydrogens (tertiary/aromatic N) is 3. The lowest BCUT2D eigenvalue weighted by atomic mass is 10.2. The highest BCUT2D eigenvalue weighted by Gasteiger charge is 2.16. The van der Waals surface area contributed by atoms with Gasteiger partial charge in [-0.15, -0.1) is 5.10 Å². The summed E-state index contributed by atoms with van der Waals surface area (Å²) in [5.41, 5.74) is 1.89. The Morgan fingerprint density at radius 2 is 2.05 bits per heavy atom. The molecule has 0 fully saturated rings. The van der Waals surface area contributed by atoms with E-state index in [1.165, 1.54) is 0 Å². The topological polar surface area (TPSA) is 59.8 Å². The highest BCUT2D eigenvalue weighted by molar-refractivity contribution is 6.30. The van der Waals surface area contributed by atoms with Crippen molar-refractivity contribution in [2.24, 2.45) is 0 Å². The van der Waals surface area contributed by atoms with Gasteiger partial charge in [0.1, 0.15) is 0 Å². The van der Waals surface area contributed by atoms with Gasteiger partial charge in [0.15, 0.2) is 5.69 Å². The van der Waals surface area contributed by atoms with Crippen molar-refractivity contribution >= 4 is 17.5 Å². The number of unbranched alkanes of at least 4 members (excludes halogenated alkanes) is 1. The fourth-order valence-electron chi connectivity index (χ4n) is 1.83. The molecule has 20 heavy (non-hydrogen) atoms. The van der Waals surface area contributed by atoms with E-state index in [4.69, 9.17) is 11.6 Å². The Morgan fingerprint density at radius 1 is 1.35 bits per heavy atom. The average molecular weight is 293 g/mol. The van der Waals surface area contributed by atoms with Crippen LogP contribution in [0.1, 0.15) is 35.9 Å². The smallest absolute Gasteiger partial charge is 0.273 e. The summed E-state index contributed by atoms with van der Waals surface area (Å²) in [5.74, 6) is -0.184. The molecule has 0 atom stereocenters. The normalized spacial score (nSPS) is 10.6. The molecule has 0 saturated heterocycles. The van der Waals surface area contributed by atoms with Gasteiger partial charge in [-0.05, 0) is 37.6 Å². The third kappa shape index (κ3) is 3.17. The Bertz CT molecular complexity index is 592. The first kappa shape index (κ1) is 14.5. The maximum absolute atomic E-state index is 12.0. The Morgan fingerprint density at radius 3 is 2.70 bits per heavy atom. The largest absolute Gasteiger partial charge is 0.351 e. The summed E-state index contributed by atoms with van der Waals surface area (Å²) in [7, 11) is 0. The van der Waals surface area contributed by atoms with Crippen LogP contribution in [0.4, 0.5) is 0 Å². The molecule has 1 amide bonds. The van der Waals surface area contributed by atoms with Gasteiger partial charge in [-0.25, -0.2) is 4.68 Å². The summed E-state index contributed by atoms with van der Waals surface area (Å²) in [5, 5.41) is 11.5. The van der Waals surface area contributed by atoms with Gasteiger partial charge >= 0.3 is 0 Å². The predicted octanol–water partition coefficient (Wildman–Crippen LogP) is 2.76. The molecule has 106 valence electrons. The van der Waals surface area contributed by atoms with Gasteiger partial charge in [0.05, 0.1) is 11.4 Å². The number of carbonyl (C=O) groups is 1. The Balaban J connectivity index is 2.18. The van der Waals surface area contributed by atoms with Gasteiger partial charge in [-0.3, -0.25) is 4.79 Å². The number of halogens is 1. The molecule has 0 bridgehead atoms. The minimum Gasteiger partial charge on any atom is -0.351 e. The van der Waals surface area contributed by atoms with Gasteiger partial charge in [0, 0.05) is 11.6 Å². The number of amides is 1. The lowest BCUT2D eigenvalue weighted by Gasteiger charge is -2.04. The molecule has 0 spiro atoms. The molecular weight excluding hydrogens is 276 g/mol. The molecule has 5 nitrogen and oxygen atoms in total. The van der Waals surface area contributed by atoms with Crippen LogP contribution < -0.4 is 5.32 Å². The highest BCUT2D eigenvalue weighted by atomic mass is 35.5. The molecule has 0 aliphatic carbocycles. The van der Waals surface area contributed by atoms with Gasteiger partial charge in [-0.1, -0.05) is 30.2 Å². The number of carbonyl (C=O) groups excluding carboxylic acids is 1. The van der Waals surface area contributed by atoms with Gasteiger partial charge in [0.25, 0.3) is 5.91 Å². The second-order valence-corrected chi connectivity index (χ2v) is 4.96. The van der Waals surface area contributed by atoms with Crippen LogP contribution >= 0.6 is 11.6 Å². The van der Waals surface area contributed by atoms with E-state index in [-0.39, 0.29) is 5.91 Å². The molecule has 1 N–H and O–H groups in total. The first-order valence-corrected chi connectivity index (χ1v) is 6.97. The maximum atomic E-state index is 12.0. The number of rotatable bonds is 5. The molecule has 1 aromatic heterocycles. The first-order chi connectivity index (χ1) is 9.63. The Hall–Kier alpha value is -1.88. The molecule has 1 heterocycles. The fraction of sp³-hybridized carbons (Fsp3) is 0.357. The number of hydrogen-bond donors (Lipinski definition) is 1. The molecule has 6 heteroatoms. The van der Waals surface area contributed by atoms with E-state index in [1.807, 2.05) is 19.1 Å². The zero-order chi connectivity index (χ0) is 14.5. The molecular formula is C14H17ClN4O. The van der Waals surface area contributed by atoms with Gasteiger partial charge in [0.2, 0.25) is 0 Å². The lowest BCUT2D eigenvalue weighted by Crippen LogP contribution is -2.25. The van der Waals surface area contributed by atoms with E-state index in [0.29, 0.717) is 23.0 Å². The first-order valence-electron chi connectivity index (χ1n) is 6.60. The van der Waals surface area contributed by atoms with E-state index in [1.54, 1.807) is 16.8 Å². The van der Waals surface area contributed by atoms with E-state index in [2.05, 4.69) is 22.6 Å². The van der Waals surface area contributed by atoms with E-state index in [9.17, 15) is 4.79 Å². The van der Waals surface area contributed by atoms with Gasteiger partial charge in [-0.2, -0.15) is 0 Å². The van der Waals surface area contributed by atoms with Crippen LogP contribution in [0, 0.1) is 6.92 Å². The van der Waals surface area contributed by atoms with Crippen LogP contribution in [0.15, 0.2) is 24.3 Å². The average Bonchev–Trinajstić information content (AvgIpc) is 2.82. The van der Waals surface area contributed by atoms with Crippen LogP contribution in [0.5, 0.6) is 0 Å². The van der Waals surface area contributed by atoms with Crippen molar-refractivity contribution in [2.45, 2.75) is 26.7 Å². The molecule has 0 unspecified atom stereocenters. The van der Waals surface area contributed by atoms with Crippen molar-refractivity contribution in [3.63, 3.8) is 0 Å². The minimum atomic E-state index is -0.184. The lowest BCUT2D eigenvalue weighted by molar-refractivity contribution is 0.0947. The summed E-state index contributed by atoms with van der Waals surface area (Å²) < 4.78 is 1.63. The van der Waals surface area contributed by atoms with E-state index in [0.717, 1.165) is 18.5 Å². The second kappa shape index (κ2) is 6.52. The number of aromatic nitrogens is 3. The molecule has 0 saturated carbocycles. The van der Waals surface area contributed by atoms with Crippen molar-refractivity contribution in [3.8, 4) is 5.69 Å². The van der Waals surface area contributed by atoms with Crippen molar-refractivity contribution in [1.29, 1.82) is 0 Å². The summed E-state index contributed by atoms with van der Waals surface area (Å²) >= 11 is 5.86. The molecule has 0 aliphatic rings. The van der Waals surface area contributed by atoms with E-state index >= 15 is 0 Å². The van der Waals surface area contributed by atoms with Crippen LogP contribution in [0.3, 0.4) is 0 Å². The molecule has 0 radical (unpaired) electrons. The third-order valence-electron chi connectivity index (χ3n) is 3.00. The number of nitrogens with one attached hydrogen (secondary N) is 1. The van der Waals surface area contributed by atoms with E-state index < -0.39 is 0 Å². The standard InChI is InChI=1S/C14H17ClN4O/c1-3-4-9-16-14(20)13-10(2)19(18-17-13)12-7-5-11(15)6-8-12/h5-8H,3-4,9H2,1-2H3,(H,16,20). The quantitative estimate of drug-likeness (QED) is 0.862.